The summed E-state index contributed by atoms with van der Waals surface area (Å²) in [6.45, 7) is 11.0. The molecule has 0 aliphatic rings. The number of benzene rings is 1. The van der Waals surface area contributed by atoms with E-state index in [1.165, 1.54) is 28.4 Å². The van der Waals surface area contributed by atoms with Crippen LogP contribution in [0.25, 0.3) is 0 Å². The van der Waals surface area contributed by atoms with Crippen molar-refractivity contribution in [2.24, 2.45) is 5.92 Å². The first-order valence-electron chi connectivity index (χ1n) is 10.6. The van der Waals surface area contributed by atoms with Crippen molar-refractivity contribution in [2.45, 2.75) is 77.6 Å². The molecule has 30 heavy (non-hydrogen) atoms. The summed E-state index contributed by atoms with van der Waals surface area (Å²) in [6.07, 6.45) is 3.28. The third-order valence-electron chi connectivity index (χ3n) is 4.81. The molecule has 0 saturated heterocycles. The number of ether oxygens (including phenoxy) is 1. The number of amides is 1. The number of nitrogens with one attached hydrogen (secondary N) is 1. The number of aromatic nitrogens is 3. The van der Waals surface area contributed by atoms with Crippen LogP contribution in [0.3, 0.4) is 0 Å². The van der Waals surface area contributed by atoms with Gasteiger partial charge in [-0.15, -0.1) is 10.2 Å². The number of hydrogen-bond donors (Lipinski definition) is 2. The van der Waals surface area contributed by atoms with Crippen molar-refractivity contribution < 1.29 is 9.53 Å². The van der Waals surface area contributed by atoms with Crippen LogP contribution in [0.4, 0.5) is 0 Å². The molecular weight excluding hydrogens is 398 g/mol. The highest BCUT2D eigenvalue weighted by atomic mass is 32.2. The first-order chi connectivity index (χ1) is 14.3. The van der Waals surface area contributed by atoms with Gasteiger partial charge in [0.1, 0.15) is 12.4 Å². The van der Waals surface area contributed by atoms with E-state index in [2.05, 4.69) is 55.3 Å². The highest BCUT2D eigenvalue weighted by Crippen LogP contribution is 2.20. The molecule has 1 amide bonds. The highest BCUT2D eigenvalue weighted by Gasteiger charge is 2.14. The molecule has 0 fully saturated rings. The molecule has 1 aromatic heterocycles. The number of rotatable bonds is 12. The van der Waals surface area contributed by atoms with E-state index in [0.717, 1.165) is 18.6 Å². The molecule has 0 saturated carbocycles. The van der Waals surface area contributed by atoms with E-state index in [1.807, 2.05) is 19.1 Å². The average molecular weight is 434 g/mol. The Morgan fingerprint density at radius 1 is 1.13 bits per heavy atom. The van der Waals surface area contributed by atoms with E-state index in [-0.39, 0.29) is 24.3 Å². The molecule has 0 aliphatic heterocycles. The molecule has 2 aromatic rings. The van der Waals surface area contributed by atoms with Crippen molar-refractivity contribution in [3.8, 4) is 5.75 Å². The Kier molecular flexibility index (Phi) is 9.49. The van der Waals surface area contributed by atoms with Crippen molar-refractivity contribution in [1.82, 2.24) is 20.2 Å². The second-order valence-electron chi connectivity index (χ2n) is 8.36. The van der Waals surface area contributed by atoms with Gasteiger partial charge in [-0.05, 0) is 42.9 Å². The Bertz CT molecular complexity index is 789. The summed E-state index contributed by atoms with van der Waals surface area (Å²) in [6, 6.07) is 8.15. The molecule has 3 N–H and O–H groups in total. The van der Waals surface area contributed by atoms with Gasteiger partial charge in [-0.1, -0.05) is 64.4 Å². The van der Waals surface area contributed by atoms with Gasteiger partial charge in [-0.2, -0.15) is 0 Å². The second kappa shape index (κ2) is 11.8. The van der Waals surface area contributed by atoms with Gasteiger partial charge in [0.25, 0.3) is 0 Å². The van der Waals surface area contributed by atoms with Crippen molar-refractivity contribution in [3.05, 3.63) is 35.7 Å². The fourth-order valence-electron chi connectivity index (χ4n) is 2.95. The van der Waals surface area contributed by atoms with Crippen molar-refractivity contribution >= 4 is 17.7 Å². The van der Waals surface area contributed by atoms with Gasteiger partial charge in [-0.25, -0.2) is 4.68 Å². The molecule has 1 heterocycles. The smallest absolute Gasteiger partial charge is 0.230 e. The summed E-state index contributed by atoms with van der Waals surface area (Å²) in [5, 5.41) is 11.7. The normalized spacial score (nSPS) is 12.4. The molecule has 1 aromatic carbocycles. The first-order valence-corrected chi connectivity index (χ1v) is 11.6. The van der Waals surface area contributed by atoms with E-state index >= 15 is 0 Å². The van der Waals surface area contributed by atoms with E-state index in [1.54, 1.807) is 0 Å². The Hall–Kier alpha value is -2.22. The summed E-state index contributed by atoms with van der Waals surface area (Å²) in [5.74, 6) is 8.73. The minimum atomic E-state index is -0.0249. The lowest BCUT2D eigenvalue weighted by atomic mass is 10.0. The van der Waals surface area contributed by atoms with Crippen LogP contribution in [0.15, 0.2) is 29.4 Å². The van der Waals surface area contributed by atoms with Crippen molar-refractivity contribution in [3.63, 3.8) is 0 Å². The van der Waals surface area contributed by atoms with Crippen LogP contribution in [0, 0.1) is 5.92 Å². The largest absolute Gasteiger partial charge is 0.486 e. The monoisotopic (exact) mass is 433 g/mol. The molecule has 0 radical (unpaired) electrons. The third kappa shape index (κ3) is 7.89. The lowest BCUT2D eigenvalue weighted by Gasteiger charge is -2.14. The lowest BCUT2D eigenvalue weighted by molar-refractivity contribution is -0.119. The van der Waals surface area contributed by atoms with Gasteiger partial charge in [0, 0.05) is 6.04 Å². The predicted molar refractivity (Wildman–Crippen MR) is 122 cm³/mol. The first kappa shape index (κ1) is 24.1. The summed E-state index contributed by atoms with van der Waals surface area (Å²) in [7, 11) is 0. The minimum absolute atomic E-state index is 0.0249. The molecule has 0 aliphatic carbocycles. The molecule has 166 valence electrons. The number of carbonyl (C=O) groups is 1. The van der Waals surface area contributed by atoms with Gasteiger partial charge in [0.05, 0.1) is 5.75 Å². The molecule has 1 unspecified atom stereocenters. The van der Waals surface area contributed by atoms with E-state index in [0.29, 0.717) is 22.8 Å². The van der Waals surface area contributed by atoms with E-state index < -0.39 is 0 Å². The molecule has 0 spiro atoms. The van der Waals surface area contributed by atoms with Gasteiger partial charge in [-0.3, -0.25) is 4.79 Å². The number of nitrogens with zero attached hydrogens (tertiary/aromatic N) is 3. The van der Waals surface area contributed by atoms with Crippen LogP contribution in [-0.4, -0.2) is 32.6 Å². The Labute approximate surface area is 184 Å². The summed E-state index contributed by atoms with van der Waals surface area (Å²) in [5.41, 5.74) is 1.26. The fourth-order valence-corrected chi connectivity index (χ4v) is 3.64. The maximum Gasteiger partial charge on any atom is 0.230 e. The number of hydrogen-bond acceptors (Lipinski definition) is 6. The van der Waals surface area contributed by atoms with Crippen LogP contribution in [0.1, 0.15) is 71.2 Å². The van der Waals surface area contributed by atoms with Gasteiger partial charge in [0.15, 0.2) is 5.82 Å². The number of thioether (sulfide) groups is 1. The summed E-state index contributed by atoms with van der Waals surface area (Å²) >= 11 is 1.27. The minimum Gasteiger partial charge on any atom is -0.486 e. The number of carbonyl (C=O) groups excluding carboxylic acids is 1. The predicted octanol–water partition coefficient (Wildman–Crippen LogP) is 4.12. The van der Waals surface area contributed by atoms with Gasteiger partial charge < -0.3 is 15.9 Å². The lowest BCUT2D eigenvalue weighted by Crippen LogP contribution is -2.34. The molecule has 8 heteroatoms. The standard InChI is InChI=1S/C22H35N5O2S/c1-15(2)7-6-8-17(5)24-21(28)14-30-22-26-25-20(27(22)23)13-29-19-11-9-18(10-12-19)16(3)4/h9-12,15-17H,6-8,13-14,23H2,1-5H3,(H,24,28). The maximum atomic E-state index is 12.2. The quantitative estimate of drug-likeness (QED) is 0.386. The average Bonchev–Trinajstić information content (AvgIpc) is 3.04. The second-order valence-corrected chi connectivity index (χ2v) is 9.31. The van der Waals surface area contributed by atoms with Gasteiger partial charge >= 0.3 is 0 Å². The Balaban J connectivity index is 1.77. The summed E-state index contributed by atoms with van der Waals surface area (Å²) < 4.78 is 7.14. The maximum absolute atomic E-state index is 12.2. The van der Waals surface area contributed by atoms with E-state index in [4.69, 9.17) is 10.6 Å². The number of nitrogen functional groups attached to an aromatic ring is 1. The molecule has 7 nitrogen and oxygen atoms in total. The van der Waals surface area contributed by atoms with Crippen LogP contribution in [0.5, 0.6) is 5.75 Å². The molecule has 0 bridgehead atoms. The van der Waals surface area contributed by atoms with Crippen LogP contribution < -0.4 is 15.9 Å². The zero-order chi connectivity index (χ0) is 22.1. The van der Waals surface area contributed by atoms with Crippen molar-refractivity contribution in [2.75, 3.05) is 11.6 Å². The fraction of sp³-hybridized carbons (Fsp3) is 0.591. The highest BCUT2D eigenvalue weighted by molar-refractivity contribution is 7.99. The molecule has 2 rings (SSSR count). The topological polar surface area (TPSA) is 95.1 Å². The zero-order valence-corrected chi connectivity index (χ0v) is 19.5. The molecular formula is C22H35N5O2S. The van der Waals surface area contributed by atoms with Crippen LogP contribution >= 0.6 is 11.8 Å². The van der Waals surface area contributed by atoms with E-state index in [9.17, 15) is 4.79 Å². The van der Waals surface area contributed by atoms with Crippen LogP contribution in [0.2, 0.25) is 0 Å². The third-order valence-corrected chi connectivity index (χ3v) is 5.75. The molecule has 1 atom stereocenters. The van der Waals surface area contributed by atoms with Gasteiger partial charge in [0.2, 0.25) is 11.1 Å². The zero-order valence-electron chi connectivity index (χ0n) is 18.7. The Morgan fingerprint density at radius 2 is 1.83 bits per heavy atom. The van der Waals surface area contributed by atoms with Crippen LogP contribution in [-0.2, 0) is 11.4 Å². The Morgan fingerprint density at radius 3 is 2.47 bits per heavy atom. The number of nitrogens with two attached hydrogens (primary N) is 1. The SMILES string of the molecule is CC(C)CCCC(C)NC(=O)CSc1nnc(COc2ccc(C(C)C)cc2)n1N. The van der Waals surface area contributed by atoms with Crippen molar-refractivity contribution in [1.29, 1.82) is 0 Å². The summed E-state index contributed by atoms with van der Waals surface area (Å²) in [4.78, 5) is 12.2.